The van der Waals surface area contributed by atoms with Crippen molar-refractivity contribution in [2.75, 3.05) is 17.6 Å². The van der Waals surface area contributed by atoms with Crippen molar-refractivity contribution in [3.05, 3.63) is 36.0 Å². The van der Waals surface area contributed by atoms with Crippen molar-refractivity contribution in [1.82, 2.24) is 9.78 Å². The van der Waals surface area contributed by atoms with Gasteiger partial charge in [0.05, 0.1) is 12.7 Å². The van der Waals surface area contributed by atoms with Crippen LogP contribution < -0.4 is 10.5 Å². The van der Waals surface area contributed by atoms with Gasteiger partial charge in [0, 0.05) is 25.0 Å². The van der Waals surface area contributed by atoms with E-state index in [0.29, 0.717) is 0 Å². The van der Waals surface area contributed by atoms with Crippen LogP contribution in [0.5, 0.6) is 0 Å². The summed E-state index contributed by atoms with van der Waals surface area (Å²) in [5.41, 5.74) is 5.70. The number of nitrogen functional groups attached to an aromatic ring is 1. The number of benzene rings is 1. The Kier molecular flexibility index (Phi) is 3.85. The monoisotopic (exact) mass is 310 g/mol. The van der Waals surface area contributed by atoms with E-state index in [4.69, 9.17) is 5.73 Å². The van der Waals surface area contributed by atoms with Crippen molar-refractivity contribution >= 4 is 27.5 Å². The molecule has 2 aromatic rings. The number of aryl methyl sites for hydroxylation is 1. The first kappa shape index (κ1) is 14.9. The van der Waals surface area contributed by atoms with Crippen LogP contribution in [-0.4, -0.2) is 31.3 Å². The number of methoxy groups -OCH3 is 1. The maximum atomic E-state index is 12.4. The molecule has 0 aliphatic carbocycles. The molecule has 0 unspecified atom stereocenters. The van der Waals surface area contributed by atoms with Crippen LogP contribution in [0.3, 0.4) is 0 Å². The number of hydrogen-bond acceptors (Lipinski definition) is 6. The van der Waals surface area contributed by atoms with Gasteiger partial charge in [-0.25, -0.2) is 13.2 Å². The Hall–Kier alpha value is -2.55. The van der Waals surface area contributed by atoms with E-state index in [1.165, 1.54) is 28.9 Å². The predicted molar refractivity (Wildman–Crippen MR) is 76.2 cm³/mol. The van der Waals surface area contributed by atoms with Crippen LogP contribution in [0.25, 0.3) is 0 Å². The summed E-state index contributed by atoms with van der Waals surface area (Å²) in [6.07, 6.45) is 1.59. The number of sulfonamides is 1. The molecule has 9 heteroatoms. The van der Waals surface area contributed by atoms with Gasteiger partial charge in [0.1, 0.15) is 4.90 Å². The highest BCUT2D eigenvalue weighted by atomic mass is 32.2. The average molecular weight is 310 g/mol. The molecule has 0 saturated heterocycles. The Morgan fingerprint density at radius 1 is 1.38 bits per heavy atom. The number of nitrogens with one attached hydrogen (secondary N) is 1. The fourth-order valence-electron chi connectivity index (χ4n) is 1.71. The molecule has 1 aromatic heterocycles. The third kappa shape index (κ3) is 3.14. The van der Waals surface area contributed by atoms with Crippen molar-refractivity contribution < 1.29 is 17.9 Å². The van der Waals surface area contributed by atoms with Crippen molar-refractivity contribution in [3.63, 3.8) is 0 Å². The fraction of sp³-hybridized carbons (Fsp3) is 0.167. The maximum Gasteiger partial charge on any atom is 0.339 e. The standard InChI is InChI=1S/C12H14N4O4S/c1-16-6-5-11(14-16)15-21(18,19)10-4-3-8(13)7-9(10)12(17)20-2/h3-7H,13H2,1-2H3,(H,14,15). The van der Waals surface area contributed by atoms with Crippen LogP contribution in [0.1, 0.15) is 10.4 Å². The van der Waals surface area contributed by atoms with Crippen molar-refractivity contribution in [2.45, 2.75) is 4.90 Å². The first-order valence-electron chi connectivity index (χ1n) is 5.84. The highest BCUT2D eigenvalue weighted by Gasteiger charge is 2.24. The second-order valence-electron chi connectivity index (χ2n) is 4.23. The van der Waals surface area contributed by atoms with Gasteiger partial charge in [0.15, 0.2) is 5.82 Å². The summed E-state index contributed by atoms with van der Waals surface area (Å²) in [5, 5.41) is 3.92. The number of carbonyl (C=O) groups is 1. The van der Waals surface area contributed by atoms with E-state index in [1.807, 2.05) is 0 Å². The Bertz CT molecular complexity index is 782. The number of nitrogens with two attached hydrogens (primary N) is 1. The third-order valence-electron chi connectivity index (χ3n) is 2.65. The van der Waals surface area contributed by atoms with Crippen LogP contribution in [0.4, 0.5) is 11.5 Å². The molecule has 0 aliphatic rings. The molecule has 21 heavy (non-hydrogen) atoms. The van der Waals surface area contributed by atoms with Gasteiger partial charge in [-0.3, -0.25) is 9.40 Å². The van der Waals surface area contributed by atoms with E-state index in [-0.39, 0.29) is 22.0 Å². The average Bonchev–Trinajstić information content (AvgIpc) is 2.82. The number of aromatic nitrogens is 2. The minimum Gasteiger partial charge on any atom is -0.465 e. The summed E-state index contributed by atoms with van der Waals surface area (Å²) in [5.74, 6) is -0.645. The number of nitrogens with zero attached hydrogens (tertiary/aromatic N) is 2. The highest BCUT2D eigenvalue weighted by molar-refractivity contribution is 7.92. The summed E-state index contributed by atoms with van der Waals surface area (Å²) >= 11 is 0. The second-order valence-corrected chi connectivity index (χ2v) is 5.88. The minimum atomic E-state index is -3.98. The molecule has 0 aliphatic heterocycles. The molecule has 8 nitrogen and oxygen atoms in total. The number of esters is 1. The van der Waals surface area contributed by atoms with E-state index in [1.54, 1.807) is 13.2 Å². The zero-order valence-electron chi connectivity index (χ0n) is 11.4. The highest BCUT2D eigenvalue weighted by Crippen LogP contribution is 2.22. The lowest BCUT2D eigenvalue weighted by molar-refractivity contribution is 0.0596. The van der Waals surface area contributed by atoms with Gasteiger partial charge in [-0.15, -0.1) is 0 Å². The van der Waals surface area contributed by atoms with Gasteiger partial charge >= 0.3 is 5.97 Å². The number of anilines is 2. The van der Waals surface area contributed by atoms with E-state index in [0.717, 1.165) is 7.11 Å². The minimum absolute atomic E-state index is 0.138. The van der Waals surface area contributed by atoms with Gasteiger partial charge in [-0.05, 0) is 18.2 Å². The summed E-state index contributed by atoms with van der Waals surface area (Å²) in [4.78, 5) is 11.5. The van der Waals surface area contributed by atoms with Crippen LogP contribution in [0.2, 0.25) is 0 Å². The lowest BCUT2D eigenvalue weighted by atomic mass is 10.2. The zero-order valence-corrected chi connectivity index (χ0v) is 12.2. The zero-order chi connectivity index (χ0) is 15.6. The predicted octanol–water partition coefficient (Wildman–Crippen LogP) is 0.590. The number of ether oxygens (including phenoxy) is 1. The van der Waals surface area contributed by atoms with Crippen LogP contribution in [0.15, 0.2) is 35.4 Å². The number of rotatable bonds is 4. The summed E-state index contributed by atoms with van der Waals surface area (Å²) in [6.45, 7) is 0. The molecule has 0 atom stereocenters. The lowest BCUT2D eigenvalue weighted by Gasteiger charge is -2.10. The van der Waals surface area contributed by atoms with E-state index >= 15 is 0 Å². The molecule has 0 radical (unpaired) electrons. The van der Waals surface area contributed by atoms with Crippen LogP contribution in [-0.2, 0) is 21.8 Å². The Balaban J connectivity index is 2.46. The maximum absolute atomic E-state index is 12.4. The normalized spacial score (nSPS) is 11.1. The SMILES string of the molecule is COC(=O)c1cc(N)ccc1S(=O)(=O)Nc1ccn(C)n1. The molecule has 0 fully saturated rings. The molecular weight excluding hydrogens is 296 g/mol. The largest absolute Gasteiger partial charge is 0.465 e. The van der Waals surface area contributed by atoms with Gasteiger partial charge < -0.3 is 10.5 Å². The molecule has 0 spiro atoms. The van der Waals surface area contributed by atoms with Crippen molar-refractivity contribution in [3.8, 4) is 0 Å². The molecule has 0 amide bonds. The number of carbonyl (C=O) groups excluding carboxylic acids is 1. The molecule has 1 aromatic carbocycles. The first-order chi connectivity index (χ1) is 9.83. The second kappa shape index (κ2) is 5.44. The summed E-state index contributed by atoms with van der Waals surface area (Å²) < 4.78 is 33.0. The topological polar surface area (TPSA) is 116 Å². The van der Waals surface area contributed by atoms with Gasteiger partial charge in [0.25, 0.3) is 10.0 Å². The van der Waals surface area contributed by atoms with Crippen LogP contribution in [0, 0.1) is 0 Å². The van der Waals surface area contributed by atoms with Gasteiger partial charge in [-0.1, -0.05) is 0 Å². The Morgan fingerprint density at radius 2 is 2.10 bits per heavy atom. The Labute approximate surface area is 121 Å². The fourth-order valence-corrected chi connectivity index (χ4v) is 2.89. The molecule has 1 heterocycles. The Morgan fingerprint density at radius 3 is 2.67 bits per heavy atom. The number of hydrogen-bond donors (Lipinski definition) is 2. The first-order valence-corrected chi connectivity index (χ1v) is 7.32. The third-order valence-corrected chi connectivity index (χ3v) is 4.06. The molecule has 0 saturated carbocycles. The van der Waals surface area contributed by atoms with Crippen molar-refractivity contribution in [2.24, 2.45) is 7.05 Å². The quantitative estimate of drug-likeness (QED) is 0.630. The van der Waals surface area contributed by atoms with E-state index in [9.17, 15) is 13.2 Å². The summed E-state index contributed by atoms with van der Waals surface area (Å²) in [6, 6.07) is 5.37. The van der Waals surface area contributed by atoms with Crippen molar-refractivity contribution in [1.29, 1.82) is 0 Å². The van der Waals surface area contributed by atoms with Gasteiger partial charge in [-0.2, -0.15) is 5.10 Å². The molecule has 112 valence electrons. The van der Waals surface area contributed by atoms with E-state index in [2.05, 4.69) is 14.6 Å². The molecule has 3 N–H and O–H groups in total. The van der Waals surface area contributed by atoms with E-state index < -0.39 is 16.0 Å². The smallest absolute Gasteiger partial charge is 0.339 e. The molecule has 2 rings (SSSR count). The summed E-state index contributed by atoms with van der Waals surface area (Å²) in [7, 11) is -1.17. The molecule has 0 bridgehead atoms. The molecular formula is C12H14N4O4S. The van der Waals surface area contributed by atoms with Crippen LogP contribution >= 0.6 is 0 Å². The van der Waals surface area contributed by atoms with Gasteiger partial charge in [0.2, 0.25) is 0 Å². The lowest BCUT2D eigenvalue weighted by Crippen LogP contribution is -2.18.